The molecule has 0 radical (unpaired) electrons. The smallest absolute Gasteiger partial charge is 0.225 e. The van der Waals surface area contributed by atoms with Crippen molar-refractivity contribution in [3.8, 4) is 0 Å². The molecule has 4 heteroatoms. The van der Waals surface area contributed by atoms with Gasteiger partial charge in [-0.05, 0) is 63.2 Å². The lowest BCUT2D eigenvalue weighted by Crippen LogP contribution is -2.43. The standard InChI is InChI=1S/C20H34N2O2/c1-15(2)19(23)21-11-3-5-16(13-21)7-8-17-6-4-12-22(14-17)20(24)18-9-10-18/h15-18H,3-14H2,1-2H3. The zero-order valence-corrected chi connectivity index (χ0v) is 15.5. The molecule has 0 aromatic rings. The average Bonchev–Trinajstić information content (AvgIpc) is 3.44. The number of amides is 2. The minimum Gasteiger partial charge on any atom is -0.342 e. The van der Waals surface area contributed by atoms with Crippen LogP contribution < -0.4 is 0 Å². The SMILES string of the molecule is CC(C)C(=O)N1CCCC(CCC2CCCN(C(=O)C3CC3)C2)C1. The first kappa shape index (κ1) is 17.8. The molecule has 2 aliphatic heterocycles. The molecule has 24 heavy (non-hydrogen) atoms. The van der Waals surface area contributed by atoms with Crippen LogP contribution in [0.3, 0.4) is 0 Å². The van der Waals surface area contributed by atoms with E-state index in [4.69, 9.17) is 0 Å². The lowest BCUT2D eigenvalue weighted by atomic mass is 9.86. The molecule has 2 saturated heterocycles. The fourth-order valence-electron chi connectivity index (χ4n) is 4.43. The number of nitrogens with zero attached hydrogens (tertiary/aromatic N) is 2. The van der Waals surface area contributed by atoms with Crippen molar-refractivity contribution in [1.82, 2.24) is 9.80 Å². The highest BCUT2D eigenvalue weighted by atomic mass is 16.2. The molecular formula is C20H34N2O2. The van der Waals surface area contributed by atoms with E-state index < -0.39 is 0 Å². The molecule has 0 bridgehead atoms. The summed E-state index contributed by atoms with van der Waals surface area (Å²) in [6.07, 6.45) is 9.53. The number of carbonyl (C=O) groups excluding carboxylic acids is 2. The number of hydrogen-bond acceptors (Lipinski definition) is 2. The Balaban J connectivity index is 1.43. The number of rotatable bonds is 5. The Morgan fingerprint density at radius 1 is 0.875 bits per heavy atom. The van der Waals surface area contributed by atoms with E-state index >= 15 is 0 Å². The van der Waals surface area contributed by atoms with Gasteiger partial charge in [0.1, 0.15) is 0 Å². The summed E-state index contributed by atoms with van der Waals surface area (Å²) >= 11 is 0. The summed E-state index contributed by atoms with van der Waals surface area (Å²) in [5.41, 5.74) is 0. The van der Waals surface area contributed by atoms with Gasteiger partial charge in [0, 0.05) is 38.0 Å². The monoisotopic (exact) mass is 334 g/mol. The number of carbonyl (C=O) groups is 2. The van der Waals surface area contributed by atoms with Crippen LogP contribution in [0.2, 0.25) is 0 Å². The molecule has 0 spiro atoms. The third-order valence-corrected chi connectivity index (χ3v) is 6.06. The summed E-state index contributed by atoms with van der Waals surface area (Å²) in [7, 11) is 0. The summed E-state index contributed by atoms with van der Waals surface area (Å²) in [5, 5.41) is 0. The van der Waals surface area contributed by atoms with Crippen molar-refractivity contribution in [2.75, 3.05) is 26.2 Å². The van der Waals surface area contributed by atoms with Crippen molar-refractivity contribution in [1.29, 1.82) is 0 Å². The van der Waals surface area contributed by atoms with Gasteiger partial charge in [0.2, 0.25) is 11.8 Å². The van der Waals surface area contributed by atoms with Crippen LogP contribution in [0.1, 0.15) is 65.2 Å². The van der Waals surface area contributed by atoms with Crippen LogP contribution in [-0.4, -0.2) is 47.8 Å². The van der Waals surface area contributed by atoms with Crippen LogP contribution in [0.25, 0.3) is 0 Å². The molecule has 2 amide bonds. The lowest BCUT2D eigenvalue weighted by molar-refractivity contribution is -0.136. The van der Waals surface area contributed by atoms with Crippen molar-refractivity contribution in [2.24, 2.45) is 23.7 Å². The van der Waals surface area contributed by atoms with Gasteiger partial charge in [0.25, 0.3) is 0 Å². The predicted molar refractivity (Wildman–Crippen MR) is 95.4 cm³/mol. The Kier molecular flexibility index (Phi) is 5.83. The molecule has 2 unspecified atom stereocenters. The molecule has 2 heterocycles. The summed E-state index contributed by atoms with van der Waals surface area (Å²) in [6, 6.07) is 0. The molecule has 4 nitrogen and oxygen atoms in total. The Labute approximate surface area is 146 Å². The van der Waals surface area contributed by atoms with E-state index in [2.05, 4.69) is 9.80 Å². The summed E-state index contributed by atoms with van der Waals surface area (Å²) in [6.45, 7) is 7.86. The summed E-state index contributed by atoms with van der Waals surface area (Å²) in [5.74, 6) is 2.56. The second-order valence-corrected chi connectivity index (χ2v) is 8.59. The van der Waals surface area contributed by atoms with Crippen molar-refractivity contribution in [2.45, 2.75) is 65.2 Å². The van der Waals surface area contributed by atoms with E-state index in [0.29, 0.717) is 29.6 Å². The minimum atomic E-state index is 0.115. The molecule has 3 rings (SSSR count). The summed E-state index contributed by atoms with van der Waals surface area (Å²) < 4.78 is 0. The van der Waals surface area contributed by atoms with Crippen LogP contribution in [0.5, 0.6) is 0 Å². The highest BCUT2D eigenvalue weighted by molar-refractivity contribution is 5.81. The number of likely N-dealkylation sites (tertiary alicyclic amines) is 2. The van der Waals surface area contributed by atoms with Crippen LogP contribution in [0.15, 0.2) is 0 Å². The number of piperidine rings is 2. The van der Waals surface area contributed by atoms with Gasteiger partial charge < -0.3 is 9.80 Å². The Morgan fingerprint density at radius 2 is 1.42 bits per heavy atom. The average molecular weight is 335 g/mol. The second-order valence-electron chi connectivity index (χ2n) is 8.59. The first-order valence-corrected chi connectivity index (χ1v) is 10.1. The van der Waals surface area contributed by atoms with Crippen molar-refractivity contribution >= 4 is 11.8 Å². The molecular weight excluding hydrogens is 300 g/mol. The largest absolute Gasteiger partial charge is 0.342 e. The maximum Gasteiger partial charge on any atom is 0.225 e. The molecule has 1 saturated carbocycles. The van der Waals surface area contributed by atoms with Crippen LogP contribution in [0.4, 0.5) is 0 Å². The maximum atomic E-state index is 12.3. The highest BCUT2D eigenvalue weighted by Crippen LogP contribution is 2.33. The molecule has 1 aliphatic carbocycles. The van der Waals surface area contributed by atoms with Gasteiger partial charge in [0.15, 0.2) is 0 Å². The Bertz CT molecular complexity index is 425. The quantitative estimate of drug-likeness (QED) is 0.774. The molecule has 2 atom stereocenters. The molecule has 136 valence electrons. The van der Waals surface area contributed by atoms with Gasteiger partial charge in [-0.1, -0.05) is 13.8 Å². The van der Waals surface area contributed by atoms with E-state index in [1.807, 2.05) is 13.8 Å². The zero-order valence-electron chi connectivity index (χ0n) is 15.5. The van der Waals surface area contributed by atoms with Gasteiger partial charge >= 0.3 is 0 Å². The van der Waals surface area contributed by atoms with Crippen LogP contribution in [0, 0.1) is 23.7 Å². The fourth-order valence-corrected chi connectivity index (χ4v) is 4.43. The molecule has 3 fully saturated rings. The summed E-state index contributed by atoms with van der Waals surface area (Å²) in [4.78, 5) is 28.7. The topological polar surface area (TPSA) is 40.6 Å². The Hall–Kier alpha value is -1.06. The number of hydrogen-bond donors (Lipinski definition) is 0. The van der Waals surface area contributed by atoms with Gasteiger partial charge in [-0.25, -0.2) is 0 Å². The van der Waals surface area contributed by atoms with Crippen molar-refractivity contribution < 1.29 is 9.59 Å². The van der Waals surface area contributed by atoms with Gasteiger partial charge in [0.05, 0.1) is 0 Å². The van der Waals surface area contributed by atoms with Gasteiger partial charge in [-0.2, -0.15) is 0 Å². The van der Waals surface area contributed by atoms with E-state index in [1.54, 1.807) is 0 Å². The normalized spacial score (nSPS) is 28.3. The molecule has 3 aliphatic rings. The third kappa shape index (κ3) is 4.52. The maximum absolute atomic E-state index is 12.3. The first-order valence-electron chi connectivity index (χ1n) is 10.1. The zero-order chi connectivity index (χ0) is 17.1. The van der Waals surface area contributed by atoms with Crippen molar-refractivity contribution in [3.63, 3.8) is 0 Å². The molecule has 0 N–H and O–H groups in total. The van der Waals surface area contributed by atoms with Gasteiger partial charge in [-0.15, -0.1) is 0 Å². The van der Waals surface area contributed by atoms with E-state index in [0.717, 1.165) is 45.4 Å². The fraction of sp³-hybridized carbons (Fsp3) is 0.900. The van der Waals surface area contributed by atoms with E-state index in [1.165, 1.54) is 32.1 Å². The minimum absolute atomic E-state index is 0.115. The van der Waals surface area contributed by atoms with Crippen LogP contribution in [-0.2, 0) is 9.59 Å². The van der Waals surface area contributed by atoms with E-state index in [9.17, 15) is 9.59 Å². The van der Waals surface area contributed by atoms with Gasteiger partial charge in [-0.3, -0.25) is 9.59 Å². The first-order chi connectivity index (χ1) is 11.5. The Morgan fingerprint density at radius 3 is 1.96 bits per heavy atom. The molecule has 0 aromatic heterocycles. The molecule has 0 aromatic carbocycles. The lowest BCUT2D eigenvalue weighted by Gasteiger charge is -2.36. The third-order valence-electron chi connectivity index (χ3n) is 6.06. The van der Waals surface area contributed by atoms with Crippen molar-refractivity contribution in [3.05, 3.63) is 0 Å². The predicted octanol–water partition coefficient (Wildman–Crippen LogP) is 3.31. The van der Waals surface area contributed by atoms with Crippen LogP contribution >= 0.6 is 0 Å². The van der Waals surface area contributed by atoms with E-state index in [-0.39, 0.29) is 5.92 Å². The highest BCUT2D eigenvalue weighted by Gasteiger charge is 2.35. The second kappa shape index (κ2) is 7.88.